The maximum absolute atomic E-state index is 9.37. The number of nitrogens with zero attached hydrogens (tertiary/aromatic N) is 1. The fourth-order valence-electron chi connectivity index (χ4n) is 2.50. The highest BCUT2D eigenvalue weighted by Gasteiger charge is 2.47. The Morgan fingerprint density at radius 3 is 2.50 bits per heavy atom. The summed E-state index contributed by atoms with van der Waals surface area (Å²) < 4.78 is 0. The van der Waals surface area contributed by atoms with Crippen LogP contribution in [0.15, 0.2) is 0 Å². The number of aliphatic hydroxyl groups is 1. The molecule has 2 rings (SSSR count). The molecule has 0 heterocycles. The summed E-state index contributed by atoms with van der Waals surface area (Å²) in [7, 11) is 0. The molecule has 2 saturated carbocycles. The van der Waals surface area contributed by atoms with E-state index in [1.807, 2.05) is 0 Å². The summed E-state index contributed by atoms with van der Waals surface area (Å²) in [5.74, 6) is 1.01. The van der Waals surface area contributed by atoms with Crippen molar-refractivity contribution in [2.45, 2.75) is 25.4 Å². The molecule has 4 atom stereocenters. The van der Waals surface area contributed by atoms with Crippen LogP contribution >= 0.6 is 0 Å². The predicted molar refractivity (Wildman–Crippen MR) is 35.9 cm³/mol. The molecule has 0 aliphatic heterocycles. The van der Waals surface area contributed by atoms with Crippen LogP contribution < -0.4 is 0 Å². The average molecular weight is 137 g/mol. The van der Waals surface area contributed by atoms with Gasteiger partial charge in [-0.2, -0.15) is 5.26 Å². The number of hydrogen-bond acceptors (Lipinski definition) is 2. The summed E-state index contributed by atoms with van der Waals surface area (Å²) in [5.41, 5.74) is 0. The van der Waals surface area contributed by atoms with Crippen LogP contribution in [-0.4, -0.2) is 11.2 Å². The fraction of sp³-hybridized carbons (Fsp3) is 0.875. The first-order chi connectivity index (χ1) is 4.83. The molecular weight excluding hydrogens is 126 g/mol. The van der Waals surface area contributed by atoms with Gasteiger partial charge in [0.25, 0.3) is 0 Å². The third-order valence-corrected chi connectivity index (χ3v) is 3.03. The van der Waals surface area contributed by atoms with Crippen LogP contribution in [-0.2, 0) is 0 Å². The fourth-order valence-corrected chi connectivity index (χ4v) is 2.50. The maximum Gasteiger partial charge on any atom is 0.0662 e. The molecule has 0 radical (unpaired) electrons. The lowest BCUT2D eigenvalue weighted by atomic mass is 9.98. The van der Waals surface area contributed by atoms with Crippen LogP contribution in [0.4, 0.5) is 0 Å². The van der Waals surface area contributed by atoms with Crippen LogP contribution in [0.3, 0.4) is 0 Å². The molecule has 54 valence electrons. The molecule has 0 amide bonds. The van der Waals surface area contributed by atoms with Crippen molar-refractivity contribution < 1.29 is 5.11 Å². The minimum Gasteiger partial charge on any atom is -0.393 e. The van der Waals surface area contributed by atoms with Gasteiger partial charge in [0.05, 0.1) is 18.1 Å². The van der Waals surface area contributed by atoms with E-state index in [-0.39, 0.29) is 12.0 Å². The lowest BCUT2D eigenvalue weighted by Crippen LogP contribution is -2.16. The van der Waals surface area contributed by atoms with Crippen LogP contribution in [0.5, 0.6) is 0 Å². The molecule has 0 saturated heterocycles. The van der Waals surface area contributed by atoms with Gasteiger partial charge in [-0.15, -0.1) is 0 Å². The van der Waals surface area contributed by atoms with Gasteiger partial charge in [0.2, 0.25) is 0 Å². The molecule has 0 aromatic heterocycles. The summed E-state index contributed by atoms with van der Waals surface area (Å²) in [6, 6.07) is 2.30. The highest BCUT2D eigenvalue weighted by Crippen LogP contribution is 2.48. The number of nitriles is 1. The van der Waals surface area contributed by atoms with Crippen LogP contribution in [0.2, 0.25) is 0 Å². The van der Waals surface area contributed by atoms with E-state index in [0.717, 1.165) is 12.8 Å². The first-order valence-corrected chi connectivity index (χ1v) is 3.90. The third-order valence-electron chi connectivity index (χ3n) is 3.03. The highest BCUT2D eigenvalue weighted by atomic mass is 16.3. The van der Waals surface area contributed by atoms with E-state index in [9.17, 15) is 5.11 Å². The van der Waals surface area contributed by atoms with Gasteiger partial charge in [-0.25, -0.2) is 0 Å². The number of hydrogen-bond donors (Lipinski definition) is 1. The van der Waals surface area contributed by atoms with Crippen LogP contribution in [0.1, 0.15) is 19.3 Å². The Kier molecular flexibility index (Phi) is 1.21. The second kappa shape index (κ2) is 1.96. The third kappa shape index (κ3) is 0.615. The number of rotatable bonds is 0. The largest absolute Gasteiger partial charge is 0.393 e. The van der Waals surface area contributed by atoms with Crippen molar-refractivity contribution in [2.24, 2.45) is 17.8 Å². The standard InChI is InChI=1S/C8H11NO/c9-4-7-5-1-2-6(7)8(10)3-5/h5-8,10H,1-3H2. The first-order valence-electron chi connectivity index (χ1n) is 3.90. The summed E-state index contributed by atoms with van der Waals surface area (Å²) in [6.07, 6.45) is 2.95. The molecule has 0 aromatic carbocycles. The quantitative estimate of drug-likeness (QED) is 0.539. The second-order valence-electron chi connectivity index (χ2n) is 3.46. The second-order valence-corrected chi connectivity index (χ2v) is 3.46. The predicted octanol–water partition coefficient (Wildman–Crippen LogP) is 0.917. The minimum absolute atomic E-state index is 0.164. The average Bonchev–Trinajstić information content (AvgIpc) is 2.42. The Bertz CT molecular complexity index is 184. The molecular formula is C8H11NO. The van der Waals surface area contributed by atoms with Crippen molar-refractivity contribution in [3.05, 3.63) is 0 Å². The van der Waals surface area contributed by atoms with Gasteiger partial charge in [-0.05, 0) is 25.2 Å². The Hall–Kier alpha value is -0.550. The lowest BCUT2D eigenvalue weighted by Gasteiger charge is -2.14. The normalized spacial score (nSPS) is 51.2. The SMILES string of the molecule is N#CC1C2CCC1C(O)C2. The van der Waals surface area contributed by atoms with Crippen molar-refractivity contribution >= 4 is 0 Å². The van der Waals surface area contributed by atoms with Crippen LogP contribution in [0, 0.1) is 29.1 Å². The van der Waals surface area contributed by atoms with Crippen LogP contribution in [0.25, 0.3) is 0 Å². The van der Waals surface area contributed by atoms with Gasteiger partial charge in [-0.1, -0.05) is 0 Å². The molecule has 2 fully saturated rings. The smallest absolute Gasteiger partial charge is 0.0662 e. The highest BCUT2D eigenvalue weighted by molar-refractivity contribution is 5.05. The van der Waals surface area contributed by atoms with E-state index in [4.69, 9.17) is 5.26 Å². The minimum atomic E-state index is -0.164. The zero-order chi connectivity index (χ0) is 7.14. The molecule has 4 unspecified atom stereocenters. The number of aliphatic hydroxyl groups excluding tert-OH is 1. The van der Waals surface area contributed by atoms with Gasteiger partial charge in [0.15, 0.2) is 0 Å². The Morgan fingerprint density at radius 1 is 1.40 bits per heavy atom. The van der Waals surface area contributed by atoms with E-state index in [1.165, 1.54) is 6.42 Å². The van der Waals surface area contributed by atoms with Crippen molar-refractivity contribution in [3.63, 3.8) is 0 Å². The van der Waals surface area contributed by atoms with E-state index in [2.05, 4.69) is 6.07 Å². The van der Waals surface area contributed by atoms with E-state index >= 15 is 0 Å². The molecule has 2 aliphatic rings. The summed E-state index contributed by atoms with van der Waals surface area (Å²) in [5, 5.41) is 18.1. The van der Waals surface area contributed by atoms with Crippen molar-refractivity contribution in [1.82, 2.24) is 0 Å². The number of fused-ring (bicyclic) bond motifs is 2. The molecule has 2 nitrogen and oxygen atoms in total. The summed E-state index contributed by atoms with van der Waals surface area (Å²) in [6.45, 7) is 0. The van der Waals surface area contributed by atoms with Gasteiger partial charge < -0.3 is 5.11 Å². The molecule has 2 bridgehead atoms. The Morgan fingerprint density at radius 2 is 2.20 bits per heavy atom. The molecule has 10 heavy (non-hydrogen) atoms. The zero-order valence-electron chi connectivity index (χ0n) is 5.83. The van der Waals surface area contributed by atoms with E-state index in [1.54, 1.807) is 0 Å². The Labute approximate surface area is 60.5 Å². The maximum atomic E-state index is 9.37. The van der Waals surface area contributed by atoms with Crippen molar-refractivity contribution in [2.75, 3.05) is 0 Å². The van der Waals surface area contributed by atoms with Gasteiger partial charge in [-0.3, -0.25) is 0 Å². The van der Waals surface area contributed by atoms with Crippen molar-refractivity contribution in [1.29, 1.82) is 5.26 Å². The molecule has 0 aromatic rings. The summed E-state index contributed by atoms with van der Waals surface area (Å²) in [4.78, 5) is 0. The molecule has 1 N–H and O–H groups in total. The topological polar surface area (TPSA) is 44.0 Å². The first kappa shape index (κ1) is 6.18. The van der Waals surface area contributed by atoms with Gasteiger partial charge in [0.1, 0.15) is 0 Å². The van der Waals surface area contributed by atoms with E-state index < -0.39 is 0 Å². The molecule has 2 heteroatoms. The van der Waals surface area contributed by atoms with Crippen molar-refractivity contribution in [3.8, 4) is 6.07 Å². The monoisotopic (exact) mass is 137 g/mol. The molecule has 0 spiro atoms. The van der Waals surface area contributed by atoms with Gasteiger partial charge in [0, 0.05) is 5.92 Å². The summed E-state index contributed by atoms with van der Waals surface area (Å²) >= 11 is 0. The van der Waals surface area contributed by atoms with E-state index in [0.29, 0.717) is 11.8 Å². The zero-order valence-corrected chi connectivity index (χ0v) is 5.83. The Balaban J connectivity index is 2.20. The molecule has 2 aliphatic carbocycles. The van der Waals surface area contributed by atoms with Gasteiger partial charge >= 0.3 is 0 Å². The lowest BCUT2D eigenvalue weighted by molar-refractivity contribution is 0.110.